The lowest BCUT2D eigenvalue weighted by molar-refractivity contribution is 0.578. The predicted octanol–water partition coefficient (Wildman–Crippen LogP) is 0.560. The molecule has 0 bridgehead atoms. The number of nitrogens with zero attached hydrogens (tertiary/aromatic N) is 4. The second-order valence-corrected chi connectivity index (χ2v) is 6.31. The Balaban J connectivity index is 2.41. The molecule has 0 radical (unpaired) electrons. The van der Waals surface area contributed by atoms with E-state index in [1.807, 2.05) is 0 Å². The molecule has 0 aliphatic heterocycles. The molecule has 2 heterocycles. The van der Waals surface area contributed by atoms with E-state index < -0.39 is 10.0 Å². The first-order chi connectivity index (χ1) is 9.35. The van der Waals surface area contributed by atoms with Crippen molar-refractivity contribution < 1.29 is 8.42 Å². The van der Waals surface area contributed by atoms with Crippen LogP contribution in [-0.4, -0.2) is 28.0 Å². The zero-order valence-corrected chi connectivity index (χ0v) is 13.1. The first-order valence-electron chi connectivity index (χ1n) is 5.63. The number of hydrogen-bond donors (Lipinski definition) is 1. The quantitative estimate of drug-likeness (QED) is 0.857. The summed E-state index contributed by atoms with van der Waals surface area (Å²) < 4.78 is 29.6. The van der Waals surface area contributed by atoms with Gasteiger partial charge in [0.25, 0.3) is 15.6 Å². The van der Waals surface area contributed by atoms with E-state index in [9.17, 15) is 13.2 Å². The summed E-state index contributed by atoms with van der Waals surface area (Å²) in [7, 11) is -2.37. The van der Waals surface area contributed by atoms with Gasteiger partial charge in [-0.25, -0.2) is 4.68 Å². The van der Waals surface area contributed by atoms with Crippen molar-refractivity contribution in [2.24, 2.45) is 7.05 Å². The van der Waals surface area contributed by atoms with Gasteiger partial charge in [0, 0.05) is 25.9 Å². The van der Waals surface area contributed by atoms with Crippen LogP contribution in [0.3, 0.4) is 0 Å². The van der Waals surface area contributed by atoms with Gasteiger partial charge in [0.15, 0.2) is 4.60 Å². The first-order valence-corrected chi connectivity index (χ1v) is 7.91. The Morgan fingerprint density at radius 1 is 1.40 bits per heavy atom. The minimum Gasteiger partial charge on any atom is -0.314 e. The third-order valence-electron chi connectivity index (χ3n) is 2.57. The molecule has 1 N–H and O–H groups in total. The summed E-state index contributed by atoms with van der Waals surface area (Å²) >= 11 is 3.04. The monoisotopic (exact) mass is 361 g/mol. The van der Waals surface area contributed by atoms with Gasteiger partial charge in [-0.2, -0.15) is 8.42 Å². The topological polar surface area (TPSA) is 98.9 Å². The molecule has 0 fully saturated rings. The maximum absolute atomic E-state index is 12.3. The van der Waals surface area contributed by atoms with Gasteiger partial charge >= 0.3 is 0 Å². The highest BCUT2D eigenvalue weighted by atomic mass is 79.9. The summed E-state index contributed by atoms with van der Waals surface area (Å²) in [5.41, 5.74) is 0.0957. The fourth-order valence-electron chi connectivity index (χ4n) is 1.65. The van der Waals surface area contributed by atoms with Gasteiger partial charge in [-0.15, -0.1) is 5.10 Å². The Morgan fingerprint density at radius 2 is 2.10 bits per heavy atom. The number of hydrogen-bond acceptors (Lipinski definition) is 5. The molecular weight excluding hydrogens is 350 g/mol. The van der Waals surface area contributed by atoms with Crippen molar-refractivity contribution in [3.05, 3.63) is 33.3 Å². The first kappa shape index (κ1) is 14.7. The molecule has 8 nitrogen and oxygen atoms in total. The minimum atomic E-state index is -3.84. The predicted molar refractivity (Wildman–Crippen MR) is 75.9 cm³/mol. The normalized spacial score (nSPS) is 11.6. The Labute approximate surface area is 123 Å². The van der Waals surface area contributed by atoms with Gasteiger partial charge < -0.3 is 4.57 Å². The van der Waals surface area contributed by atoms with Crippen molar-refractivity contribution in [2.45, 2.75) is 18.5 Å². The molecule has 2 aromatic rings. The molecule has 2 rings (SSSR count). The Hall–Kier alpha value is -1.68. The van der Waals surface area contributed by atoms with E-state index in [2.05, 4.69) is 31.0 Å². The van der Waals surface area contributed by atoms with Gasteiger partial charge in [-0.05, 0) is 28.9 Å². The SMILES string of the molecule is CCn1cc(NS(=O)(=O)c2c(Br)nnn2C)ccc1=O. The third kappa shape index (κ3) is 2.75. The second kappa shape index (κ2) is 5.37. The zero-order valence-electron chi connectivity index (χ0n) is 10.7. The van der Waals surface area contributed by atoms with E-state index in [-0.39, 0.29) is 15.2 Å². The molecule has 0 aromatic carbocycles. The summed E-state index contributed by atoms with van der Waals surface area (Å²) in [4.78, 5) is 11.5. The molecule has 0 saturated carbocycles. The van der Waals surface area contributed by atoms with Crippen LogP contribution in [0.4, 0.5) is 5.69 Å². The standard InChI is InChI=1S/C10H12BrN5O3S/c1-3-16-6-7(4-5-8(16)17)13-20(18,19)10-9(11)12-14-15(10)2/h4-6,13H,3H2,1-2H3. The Kier molecular flexibility index (Phi) is 3.95. The van der Waals surface area contributed by atoms with Gasteiger partial charge in [-0.1, -0.05) is 5.21 Å². The Bertz CT molecular complexity index is 776. The van der Waals surface area contributed by atoms with E-state index in [0.29, 0.717) is 12.2 Å². The Morgan fingerprint density at radius 3 is 2.65 bits per heavy atom. The van der Waals surface area contributed by atoms with Gasteiger partial charge in [0.05, 0.1) is 5.69 Å². The molecule has 0 atom stereocenters. The van der Waals surface area contributed by atoms with E-state index in [1.54, 1.807) is 6.92 Å². The van der Waals surface area contributed by atoms with Crippen LogP contribution >= 0.6 is 15.9 Å². The van der Waals surface area contributed by atoms with E-state index in [4.69, 9.17) is 0 Å². The molecule has 2 aromatic heterocycles. The van der Waals surface area contributed by atoms with Crippen molar-refractivity contribution in [3.63, 3.8) is 0 Å². The van der Waals surface area contributed by atoms with Crippen LogP contribution in [0.25, 0.3) is 0 Å². The summed E-state index contributed by atoms with van der Waals surface area (Å²) in [6.07, 6.45) is 1.44. The van der Waals surface area contributed by atoms with Crippen LogP contribution < -0.4 is 10.3 Å². The van der Waals surface area contributed by atoms with Crippen molar-refractivity contribution in [2.75, 3.05) is 4.72 Å². The van der Waals surface area contributed by atoms with Crippen molar-refractivity contribution in [3.8, 4) is 0 Å². The van der Waals surface area contributed by atoms with Gasteiger partial charge in [0.2, 0.25) is 5.03 Å². The summed E-state index contributed by atoms with van der Waals surface area (Å²) in [6, 6.07) is 2.71. The lowest BCUT2D eigenvalue weighted by atomic mass is 10.4. The number of halogens is 1. The van der Waals surface area contributed by atoms with Crippen molar-refractivity contribution >= 4 is 31.6 Å². The van der Waals surface area contributed by atoms with Crippen LogP contribution in [0.2, 0.25) is 0 Å². The average Bonchev–Trinajstić information content (AvgIpc) is 2.71. The highest BCUT2D eigenvalue weighted by Crippen LogP contribution is 2.20. The maximum Gasteiger partial charge on any atom is 0.281 e. The number of pyridine rings is 1. The minimum absolute atomic E-state index is 0.0910. The molecule has 0 aliphatic carbocycles. The smallest absolute Gasteiger partial charge is 0.281 e. The molecule has 0 aliphatic rings. The fraction of sp³-hybridized carbons (Fsp3) is 0.300. The molecular formula is C10H12BrN5O3S. The van der Waals surface area contributed by atoms with Crippen LogP contribution in [0, 0.1) is 0 Å². The van der Waals surface area contributed by atoms with E-state index in [1.165, 1.54) is 29.9 Å². The summed E-state index contributed by atoms with van der Waals surface area (Å²) in [5.74, 6) is 0. The van der Waals surface area contributed by atoms with Crippen LogP contribution in [0.1, 0.15) is 6.92 Å². The molecule has 0 saturated heterocycles. The van der Waals surface area contributed by atoms with Gasteiger partial charge in [-0.3, -0.25) is 9.52 Å². The van der Waals surface area contributed by atoms with E-state index >= 15 is 0 Å². The highest BCUT2D eigenvalue weighted by Gasteiger charge is 2.24. The summed E-state index contributed by atoms with van der Waals surface area (Å²) in [6.45, 7) is 2.24. The number of sulfonamides is 1. The molecule has 0 amide bonds. The molecule has 0 unspecified atom stereocenters. The maximum atomic E-state index is 12.3. The number of aryl methyl sites for hydroxylation is 2. The fourth-order valence-corrected chi connectivity index (χ4v) is 3.79. The number of rotatable bonds is 4. The van der Waals surface area contributed by atoms with Crippen molar-refractivity contribution in [1.82, 2.24) is 19.6 Å². The summed E-state index contributed by atoms with van der Waals surface area (Å²) in [5, 5.41) is 7.15. The number of aromatic nitrogens is 4. The van der Waals surface area contributed by atoms with Crippen LogP contribution in [0.15, 0.2) is 32.8 Å². The molecule has 10 heteroatoms. The number of anilines is 1. The van der Waals surface area contributed by atoms with Gasteiger partial charge in [0.1, 0.15) is 0 Å². The van der Waals surface area contributed by atoms with Crippen LogP contribution in [0.5, 0.6) is 0 Å². The largest absolute Gasteiger partial charge is 0.314 e. The molecule has 20 heavy (non-hydrogen) atoms. The number of nitrogens with one attached hydrogen (secondary N) is 1. The van der Waals surface area contributed by atoms with Crippen molar-refractivity contribution in [1.29, 1.82) is 0 Å². The average molecular weight is 362 g/mol. The highest BCUT2D eigenvalue weighted by molar-refractivity contribution is 9.10. The van der Waals surface area contributed by atoms with Crippen LogP contribution in [-0.2, 0) is 23.6 Å². The zero-order chi connectivity index (χ0) is 14.9. The lowest BCUT2D eigenvalue weighted by Gasteiger charge is -2.09. The lowest BCUT2D eigenvalue weighted by Crippen LogP contribution is -2.21. The second-order valence-electron chi connectivity index (χ2n) is 3.96. The molecule has 0 spiro atoms. The third-order valence-corrected chi connectivity index (χ3v) is 4.84. The molecule has 108 valence electrons. The van der Waals surface area contributed by atoms with E-state index in [0.717, 1.165) is 4.68 Å².